The van der Waals surface area contributed by atoms with E-state index in [0.717, 1.165) is 25.8 Å². The zero-order valence-electron chi connectivity index (χ0n) is 12.0. The molecule has 2 rings (SSSR count). The molecule has 1 unspecified atom stereocenters. The molecule has 0 saturated heterocycles. The second kappa shape index (κ2) is 7.41. The highest BCUT2D eigenvalue weighted by molar-refractivity contribution is 7.10. The molecule has 3 heteroatoms. The van der Waals surface area contributed by atoms with Gasteiger partial charge in [-0.15, -0.1) is 11.3 Å². The van der Waals surface area contributed by atoms with Crippen LogP contribution < -0.4 is 5.32 Å². The van der Waals surface area contributed by atoms with Crippen molar-refractivity contribution < 1.29 is 5.11 Å². The van der Waals surface area contributed by atoms with Gasteiger partial charge in [-0.3, -0.25) is 0 Å². The molecule has 2 N–H and O–H groups in total. The lowest BCUT2D eigenvalue weighted by molar-refractivity contribution is 0.0225. The first-order valence-corrected chi connectivity index (χ1v) is 8.61. The summed E-state index contributed by atoms with van der Waals surface area (Å²) in [7, 11) is 0. The maximum atomic E-state index is 10.7. The molecule has 1 aliphatic carbocycles. The van der Waals surface area contributed by atoms with Crippen molar-refractivity contribution >= 4 is 11.3 Å². The van der Waals surface area contributed by atoms with E-state index in [2.05, 4.69) is 29.8 Å². The molecule has 19 heavy (non-hydrogen) atoms. The minimum absolute atomic E-state index is 0.414. The Morgan fingerprint density at radius 2 is 2.05 bits per heavy atom. The van der Waals surface area contributed by atoms with Crippen molar-refractivity contribution in [3.05, 3.63) is 22.4 Å². The fraction of sp³-hybridized carbons (Fsp3) is 0.750. The molecule has 0 amide bonds. The molecule has 1 atom stereocenters. The summed E-state index contributed by atoms with van der Waals surface area (Å²) in [6.45, 7) is 2.97. The standard InChI is InChI=1S/C16H27NOS/c1-2-8-14(15-9-7-12-19-15)17-13-16(18)10-5-3-4-6-11-16/h7,9,12,14,17-18H,2-6,8,10-11,13H2,1H3. The van der Waals surface area contributed by atoms with Crippen molar-refractivity contribution in [3.8, 4) is 0 Å². The highest BCUT2D eigenvalue weighted by Crippen LogP contribution is 2.29. The SMILES string of the molecule is CCCC(NCC1(O)CCCCCC1)c1cccs1. The van der Waals surface area contributed by atoms with Gasteiger partial charge in [-0.2, -0.15) is 0 Å². The van der Waals surface area contributed by atoms with Crippen LogP contribution in [0.25, 0.3) is 0 Å². The van der Waals surface area contributed by atoms with Gasteiger partial charge in [0.25, 0.3) is 0 Å². The fourth-order valence-electron chi connectivity index (χ4n) is 3.00. The molecule has 1 saturated carbocycles. The van der Waals surface area contributed by atoms with E-state index in [4.69, 9.17) is 0 Å². The van der Waals surface area contributed by atoms with Crippen LogP contribution in [-0.2, 0) is 0 Å². The van der Waals surface area contributed by atoms with Crippen molar-refractivity contribution in [3.63, 3.8) is 0 Å². The summed E-state index contributed by atoms with van der Waals surface area (Å²) in [6.07, 6.45) is 9.17. The Kier molecular flexibility index (Phi) is 5.86. The van der Waals surface area contributed by atoms with Gasteiger partial charge in [0.1, 0.15) is 0 Å². The molecular formula is C16H27NOS. The van der Waals surface area contributed by atoms with E-state index < -0.39 is 5.60 Å². The Morgan fingerprint density at radius 1 is 1.32 bits per heavy atom. The summed E-state index contributed by atoms with van der Waals surface area (Å²) < 4.78 is 0. The van der Waals surface area contributed by atoms with E-state index in [9.17, 15) is 5.11 Å². The average molecular weight is 281 g/mol. The molecule has 2 nitrogen and oxygen atoms in total. The first-order valence-electron chi connectivity index (χ1n) is 7.73. The van der Waals surface area contributed by atoms with Crippen LogP contribution in [0, 0.1) is 0 Å². The molecule has 0 aliphatic heterocycles. The molecule has 108 valence electrons. The number of hydrogen-bond acceptors (Lipinski definition) is 3. The van der Waals surface area contributed by atoms with Gasteiger partial charge in [-0.05, 0) is 30.7 Å². The first kappa shape index (κ1) is 15.0. The molecule has 0 aromatic carbocycles. The number of aliphatic hydroxyl groups is 1. The second-order valence-corrected chi connectivity index (χ2v) is 6.86. The van der Waals surface area contributed by atoms with Crippen molar-refractivity contribution in [1.29, 1.82) is 0 Å². The van der Waals surface area contributed by atoms with Crippen molar-refractivity contribution in [2.75, 3.05) is 6.54 Å². The van der Waals surface area contributed by atoms with Gasteiger partial charge in [0, 0.05) is 17.5 Å². The lowest BCUT2D eigenvalue weighted by Gasteiger charge is -2.29. The van der Waals surface area contributed by atoms with Crippen molar-refractivity contribution in [2.45, 2.75) is 69.9 Å². The van der Waals surface area contributed by atoms with Crippen LogP contribution >= 0.6 is 11.3 Å². The van der Waals surface area contributed by atoms with E-state index in [-0.39, 0.29) is 0 Å². The Labute approximate surface area is 121 Å². The largest absolute Gasteiger partial charge is 0.389 e. The van der Waals surface area contributed by atoms with Gasteiger partial charge in [0.05, 0.1) is 5.60 Å². The van der Waals surface area contributed by atoms with Crippen molar-refractivity contribution in [2.24, 2.45) is 0 Å². The number of thiophene rings is 1. The van der Waals surface area contributed by atoms with Crippen LogP contribution in [0.1, 0.15) is 69.2 Å². The lowest BCUT2D eigenvalue weighted by atomic mass is 9.94. The predicted octanol–water partition coefficient (Wildman–Crippen LogP) is 4.26. The highest BCUT2D eigenvalue weighted by atomic mass is 32.1. The predicted molar refractivity (Wildman–Crippen MR) is 82.6 cm³/mol. The van der Waals surface area contributed by atoms with E-state index in [1.54, 1.807) is 0 Å². The van der Waals surface area contributed by atoms with Crippen LogP contribution in [0.5, 0.6) is 0 Å². The molecule has 1 aromatic heterocycles. The number of nitrogens with one attached hydrogen (secondary N) is 1. The van der Waals surface area contributed by atoms with Crippen LogP contribution in [0.2, 0.25) is 0 Å². The Hall–Kier alpha value is -0.380. The first-order chi connectivity index (χ1) is 9.23. The summed E-state index contributed by atoms with van der Waals surface area (Å²) in [6, 6.07) is 4.73. The second-order valence-electron chi connectivity index (χ2n) is 5.88. The molecular weight excluding hydrogens is 254 g/mol. The summed E-state index contributed by atoms with van der Waals surface area (Å²) in [4.78, 5) is 1.40. The lowest BCUT2D eigenvalue weighted by Crippen LogP contribution is -2.41. The molecule has 0 bridgehead atoms. The summed E-state index contributed by atoms with van der Waals surface area (Å²) in [5, 5.41) is 16.5. The quantitative estimate of drug-likeness (QED) is 0.763. The van der Waals surface area contributed by atoms with Gasteiger partial charge in [-0.25, -0.2) is 0 Å². The zero-order chi connectivity index (χ0) is 13.6. The van der Waals surface area contributed by atoms with Gasteiger partial charge in [0.15, 0.2) is 0 Å². The summed E-state index contributed by atoms with van der Waals surface area (Å²) in [5.41, 5.74) is -0.472. The van der Waals surface area contributed by atoms with Gasteiger partial charge >= 0.3 is 0 Å². The van der Waals surface area contributed by atoms with E-state index in [1.807, 2.05) is 11.3 Å². The fourth-order valence-corrected chi connectivity index (χ4v) is 3.84. The molecule has 1 aromatic rings. The molecule has 0 radical (unpaired) electrons. The van der Waals surface area contributed by atoms with Crippen LogP contribution in [-0.4, -0.2) is 17.3 Å². The normalized spacial score (nSPS) is 20.9. The summed E-state index contributed by atoms with van der Waals surface area (Å²) in [5.74, 6) is 0. The number of rotatable bonds is 6. The van der Waals surface area contributed by atoms with Gasteiger partial charge < -0.3 is 10.4 Å². The molecule has 1 heterocycles. The molecule has 0 spiro atoms. The third-order valence-electron chi connectivity index (χ3n) is 4.18. The van der Waals surface area contributed by atoms with E-state index >= 15 is 0 Å². The van der Waals surface area contributed by atoms with Crippen molar-refractivity contribution in [1.82, 2.24) is 5.32 Å². The Bertz CT molecular complexity index is 342. The maximum Gasteiger partial charge on any atom is 0.0771 e. The Balaban J connectivity index is 1.90. The highest BCUT2D eigenvalue weighted by Gasteiger charge is 2.28. The maximum absolute atomic E-state index is 10.7. The summed E-state index contributed by atoms with van der Waals surface area (Å²) >= 11 is 1.82. The van der Waals surface area contributed by atoms with Crippen LogP contribution in [0.3, 0.4) is 0 Å². The smallest absolute Gasteiger partial charge is 0.0771 e. The minimum atomic E-state index is -0.472. The van der Waals surface area contributed by atoms with Gasteiger partial charge in [-0.1, -0.05) is 45.1 Å². The minimum Gasteiger partial charge on any atom is -0.389 e. The van der Waals surface area contributed by atoms with E-state index in [0.29, 0.717) is 6.04 Å². The average Bonchev–Trinajstić information content (AvgIpc) is 2.84. The number of hydrogen-bond donors (Lipinski definition) is 2. The third kappa shape index (κ3) is 4.59. The third-order valence-corrected chi connectivity index (χ3v) is 5.16. The Morgan fingerprint density at radius 3 is 2.63 bits per heavy atom. The molecule has 1 fully saturated rings. The van der Waals surface area contributed by atoms with Gasteiger partial charge in [0.2, 0.25) is 0 Å². The monoisotopic (exact) mass is 281 g/mol. The molecule has 1 aliphatic rings. The zero-order valence-corrected chi connectivity index (χ0v) is 12.8. The van der Waals surface area contributed by atoms with Crippen LogP contribution in [0.4, 0.5) is 0 Å². The topological polar surface area (TPSA) is 32.3 Å². The van der Waals surface area contributed by atoms with E-state index in [1.165, 1.54) is 37.0 Å². The van der Waals surface area contributed by atoms with Crippen LogP contribution in [0.15, 0.2) is 17.5 Å².